The van der Waals surface area contributed by atoms with Crippen LogP contribution in [0, 0.1) is 6.92 Å². The minimum absolute atomic E-state index is 0.0817. The first-order chi connectivity index (χ1) is 14.7. The normalized spacial score (nSPS) is 17.4. The summed E-state index contributed by atoms with van der Waals surface area (Å²) in [4.78, 5) is 19.7. The van der Waals surface area contributed by atoms with Crippen LogP contribution in [0.2, 0.25) is 0 Å². The Hall–Kier alpha value is -2.73. The summed E-state index contributed by atoms with van der Waals surface area (Å²) in [5.41, 5.74) is 5.20. The van der Waals surface area contributed by atoms with Gasteiger partial charge in [-0.15, -0.1) is 0 Å². The van der Waals surface area contributed by atoms with E-state index in [2.05, 4.69) is 38.5 Å². The molecule has 0 atom stereocenters. The Morgan fingerprint density at radius 1 is 1.10 bits per heavy atom. The molecule has 1 aromatic carbocycles. The van der Waals surface area contributed by atoms with Crippen molar-refractivity contribution in [3.05, 3.63) is 53.3 Å². The number of nitrogens with one attached hydrogen (secondary N) is 1. The molecule has 3 aromatic rings. The molecule has 1 N–H and O–H groups in total. The number of carbonyl (C=O) groups is 1. The predicted octanol–water partition coefficient (Wildman–Crippen LogP) is 4.24. The number of amides is 1. The summed E-state index contributed by atoms with van der Waals surface area (Å²) >= 11 is 0. The van der Waals surface area contributed by atoms with Gasteiger partial charge in [0.25, 0.3) is 0 Å². The molecule has 1 saturated heterocycles. The molecule has 2 aromatic heterocycles. The number of aryl methyl sites for hydroxylation is 1. The van der Waals surface area contributed by atoms with E-state index in [4.69, 9.17) is 0 Å². The Kier molecular flexibility index (Phi) is 5.25. The Labute approximate surface area is 177 Å². The topological polar surface area (TPSA) is 63.1 Å². The largest absolute Gasteiger partial charge is 0.324 e. The van der Waals surface area contributed by atoms with Crippen LogP contribution in [0.5, 0.6) is 0 Å². The lowest BCUT2D eigenvalue weighted by molar-refractivity contribution is -0.116. The molecule has 2 fully saturated rings. The summed E-state index contributed by atoms with van der Waals surface area (Å²) in [7, 11) is 0. The number of likely N-dealkylation sites (tertiary alicyclic amines) is 1. The summed E-state index contributed by atoms with van der Waals surface area (Å²) in [6, 6.07) is 10.3. The lowest BCUT2D eigenvalue weighted by Gasteiger charge is -2.26. The molecule has 0 bridgehead atoms. The molecule has 1 saturated carbocycles. The van der Waals surface area contributed by atoms with Gasteiger partial charge in [-0.25, -0.2) is 9.67 Å². The summed E-state index contributed by atoms with van der Waals surface area (Å²) in [6.07, 6.45) is 8.26. The zero-order valence-corrected chi connectivity index (χ0v) is 17.6. The molecule has 0 unspecified atom stereocenters. The number of pyridine rings is 1. The monoisotopic (exact) mass is 403 g/mol. The van der Waals surface area contributed by atoms with Crippen LogP contribution in [0.25, 0.3) is 11.0 Å². The zero-order chi connectivity index (χ0) is 20.5. The maximum atomic E-state index is 12.7. The highest BCUT2D eigenvalue weighted by Crippen LogP contribution is 2.43. The highest BCUT2D eigenvalue weighted by Gasteiger charge is 2.27. The summed E-state index contributed by atoms with van der Waals surface area (Å²) in [5.74, 6) is 0.547. The van der Waals surface area contributed by atoms with Crippen LogP contribution in [0.3, 0.4) is 0 Å². The van der Waals surface area contributed by atoms with Crippen molar-refractivity contribution in [1.29, 1.82) is 0 Å². The van der Waals surface area contributed by atoms with E-state index >= 15 is 0 Å². The van der Waals surface area contributed by atoms with Gasteiger partial charge in [0.1, 0.15) is 6.54 Å². The molecule has 0 spiro atoms. The maximum absolute atomic E-state index is 12.7. The van der Waals surface area contributed by atoms with Crippen LogP contribution in [-0.2, 0) is 17.9 Å². The van der Waals surface area contributed by atoms with Crippen LogP contribution < -0.4 is 5.32 Å². The molecule has 156 valence electrons. The van der Waals surface area contributed by atoms with Crippen molar-refractivity contribution in [2.24, 2.45) is 0 Å². The van der Waals surface area contributed by atoms with Gasteiger partial charge in [-0.05, 0) is 80.9 Å². The second-order valence-electron chi connectivity index (χ2n) is 8.70. The first kappa shape index (κ1) is 19.2. The number of hydrogen-bond donors (Lipinski definition) is 1. The SMILES string of the molecule is Cc1nn(CC(=O)Nc2ccc(CN3CCCCC3)cc2)c2nccc(C3CC3)c12. The summed E-state index contributed by atoms with van der Waals surface area (Å²) in [5, 5.41) is 8.73. The first-order valence-corrected chi connectivity index (χ1v) is 11.1. The maximum Gasteiger partial charge on any atom is 0.246 e. The van der Waals surface area contributed by atoms with Crippen LogP contribution in [0.4, 0.5) is 5.69 Å². The number of anilines is 1. The molecular formula is C24H29N5O. The Morgan fingerprint density at radius 2 is 1.87 bits per heavy atom. The van der Waals surface area contributed by atoms with E-state index < -0.39 is 0 Å². The fourth-order valence-electron chi connectivity index (χ4n) is 4.56. The van der Waals surface area contributed by atoms with Crippen molar-refractivity contribution in [3.8, 4) is 0 Å². The van der Waals surface area contributed by atoms with Gasteiger partial charge in [0.05, 0.1) is 5.69 Å². The van der Waals surface area contributed by atoms with Gasteiger partial charge >= 0.3 is 0 Å². The van der Waals surface area contributed by atoms with Crippen LogP contribution >= 0.6 is 0 Å². The molecule has 1 amide bonds. The lowest BCUT2D eigenvalue weighted by Crippen LogP contribution is -2.29. The average molecular weight is 404 g/mol. The molecule has 3 heterocycles. The standard InChI is InChI=1S/C24H29N5O/c1-17-23-21(19-7-8-19)11-12-25-24(23)29(27-17)16-22(30)26-20-9-5-18(6-10-20)15-28-13-3-2-4-14-28/h5-6,9-12,19H,2-4,7-8,13-16H2,1H3,(H,26,30). The van der Waals surface area contributed by atoms with E-state index in [0.717, 1.165) is 29.0 Å². The molecule has 2 aliphatic rings. The quantitative estimate of drug-likeness (QED) is 0.669. The highest BCUT2D eigenvalue weighted by atomic mass is 16.2. The number of rotatable bonds is 6. The summed E-state index contributed by atoms with van der Waals surface area (Å²) in [6.45, 7) is 5.53. The van der Waals surface area contributed by atoms with Crippen molar-refractivity contribution in [1.82, 2.24) is 19.7 Å². The second-order valence-corrected chi connectivity index (χ2v) is 8.70. The minimum atomic E-state index is -0.0817. The van der Waals surface area contributed by atoms with E-state index in [-0.39, 0.29) is 12.5 Å². The highest BCUT2D eigenvalue weighted by molar-refractivity contribution is 5.92. The fourth-order valence-corrected chi connectivity index (χ4v) is 4.56. The molecule has 0 radical (unpaired) electrons. The summed E-state index contributed by atoms with van der Waals surface area (Å²) < 4.78 is 1.73. The van der Waals surface area contributed by atoms with E-state index in [9.17, 15) is 4.79 Å². The van der Waals surface area contributed by atoms with Crippen LogP contribution in [0.1, 0.15) is 54.8 Å². The Bertz CT molecular complexity index is 1050. The predicted molar refractivity (Wildman–Crippen MR) is 118 cm³/mol. The smallest absolute Gasteiger partial charge is 0.246 e. The van der Waals surface area contributed by atoms with Crippen molar-refractivity contribution >= 4 is 22.6 Å². The first-order valence-electron chi connectivity index (χ1n) is 11.1. The molecule has 30 heavy (non-hydrogen) atoms. The van der Waals surface area contributed by atoms with Gasteiger partial charge in [-0.1, -0.05) is 18.6 Å². The van der Waals surface area contributed by atoms with Gasteiger partial charge in [-0.3, -0.25) is 9.69 Å². The number of benzene rings is 1. The lowest BCUT2D eigenvalue weighted by atomic mass is 10.1. The van der Waals surface area contributed by atoms with E-state index in [1.54, 1.807) is 4.68 Å². The average Bonchev–Trinajstić information content (AvgIpc) is 3.55. The van der Waals surface area contributed by atoms with E-state index in [1.807, 2.05) is 25.3 Å². The van der Waals surface area contributed by atoms with Crippen molar-refractivity contribution in [2.75, 3.05) is 18.4 Å². The van der Waals surface area contributed by atoms with Gasteiger partial charge in [0, 0.05) is 23.8 Å². The van der Waals surface area contributed by atoms with Gasteiger partial charge in [0.15, 0.2) is 5.65 Å². The third-order valence-electron chi connectivity index (χ3n) is 6.24. The van der Waals surface area contributed by atoms with Crippen molar-refractivity contribution < 1.29 is 4.79 Å². The Morgan fingerprint density at radius 3 is 2.60 bits per heavy atom. The minimum Gasteiger partial charge on any atom is -0.324 e. The van der Waals surface area contributed by atoms with E-state index in [0.29, 0.717) is 5.92 Å². The third-order valence-corrected chi connectivity index (χ3v) is 6.24. The molecule has 5 rings (SSSR count). The molecular weight excluding hydrogens is 374 g/mol. The number of fused-ring (bicyclic) bond motifs is 1. The molecule has 6 heteroatoms. The van der Waals surface area contributed by atoms with Crippen molar-refractivity contribution in [3.63, 3.8) is 0 Å². The molecule has 6 nitrogen and oxygen atoms in total. The second kappa shape index (κ2) is 8.19. The fraction of sp³-hybridized carbons (Fsp3) is 0.458. The van der Waals surface area contributed by atoms with Crippen molar-refractivity contribution in [2.45, 2.75) is 58.0 Å². The van der Waals surface area contributed by atoms with Gasteiger partial charge in [0.2, 0.25) is 5.91 Å². The van der Waals surface area contributed by atoms with Gasteiger partial charge < -0.3 is 5.32 Å². The zero-order valence-electron chi connectivity index (χ0n) is 17.6. The number of carbonyl (C=O) groups excluding carboxylic acids is 1. The third kappa shape index (κ3) is 4.10. The number of nitrogens with zero attached hydrogens (tertiary/aromatic N) is 4. The number of piperidine rings is 1. The van der Waals surface area contributed by atoms with Crippen LogP contribution in [-0.4, -0.2) is 38.7 Å². The molecule has 1 aliphatic heterocycles. The Balaban J connectivity index is 1.24. The number of aromatic nitrogens is 3. The van der Waals surface area contributed by atoms with Gasteiger partial charge in [-0.2, -0.15) is 5.10 Å². The number of hydrogen-bond acceptors (Lipinski definition) is 4. The van der Waals surface area contributed by atoms with E-state index in [1.165, 1.54) is 56.3 Å². The van der Waals surface area contributed by atoms with Crippen LogP contribution in [0.15, 0.2) is 36.5 Å². The molecule has 1 aliphatic carbocycles.